The lowest BCUT2D eigenvalue weighted by atomic mass is 9.98. The van der Waals surface area contributed by atoms with Gasteiger partial charge in [0.05, 0.1) is 7.11 Å². The molecular formula is C19H25NO. The molecule has 2 rings (SSSR count). The Balaban J connectivity index is 1.96. The van der Waals surface area contributed by atoms with Crippen LogP contribution in [0.2, 0.25) is 0 Å². The first-order valence-corrected chi connectivity index (χ1v) is 7.60. The van der Waals surface area contributed by atoms with Crippen LogP contribution in [0.15, 0.2) is 48.5 Å². The molecule has 2 aromatic rings. The molecule has 0 aliphatic rings. The van der Waals surface area contributed by atoms with Gasteiger partial charge in [-0.25, -0.2) is 0 Å². The smallest absolute Gasteiger partial charge is 0.122 e. The molecule has 2 heteroatoms. The second kappa shape index (κ2) is 7.84. The SMILES string of the molecule is CNC(CCCc1ccccc1)c1ccc(C)c(OC)c1. The highest BCUT2D eigenvalue weighted by molar-refractivity contribution is 5.37. The molecule has 1 atom stereocenters. The second-order valence-electron chi connectivity index (χ2n) is 5.45. The Morgan fingerprint density at radius 3 is 2.52 bits per heavy atom. The van der Waals surface area contributed by atoms with E-state index in [1.54, 1.807) is 7.11 Å². The molecular weight excluding hydrogens is 258 g/mol. The number of hydrogen-bond acceptors (Lipinski definition) is 2. The van der Waals surface area contributed by atoms with Crippen molar-refractivity contribution in [2.45, 2.75) is 32.2 Å². The van der Waals surface area contributed by atoms with Crippen molar-refractivity contribution in [2.75, 3.05) is 14.2 Å². The fourth-order valence-corrected chi connectivity index (χ4v) is 2.69. The third-order valence-electron chi connectivity index (χ3n) is 3.98. The highest BCUT2D eigenvalue weighted by atomic mass is 16.5. The number of hydrogen-bond donors (Lipinski definition) is 1. The summed E-state index contributed by atoms with van der Waals surface area (Å²) >= 11 is 0. The fraction of sp³-hybridized carbons (Fsp3) is 0.368. The normalized spacial score (nSPS) is 12.1. The first-order chi connectivity index (χ1) is 10.2. The molecule has 2 nitrogen and oxygen atoms in total. The Morgan fingerprint density at radius 1 is 1.10 bits per heavy atom. The standard InChI is InChI=1S/C19H25NO/c1-15-12-13-17(14-19(15)21-3)18(20-2)11-7-10-16-8-5-4-6-9-16/h4-6,8-9,12-14,18,20H,7,10-11H2,1-3H3. The minimum Gasteiger partial charge on any atom is -0.496 e. The Morgan fingerprint density at radius 2 is 1.86 bits per heavy atom. The largest absolute Gasteiger partial charge is 0.496 e. The molecule has 0 spiro atoms. The van der Waals surface area contributed by atoms with Crippen molar-refractivity contribution in [3.8, 4) is 5.75 Å². The van der Waals surface area contributed by atoms with Gasteiger partial charge in [-0.2, -0.15) is 0 Å². The van der Waals surface area contributed by atoms with E-state index < -0.39 is 0 Å². The summed E-state index contributed by atoms with van der Waals surface area (Å²) in [4.78, 5) is 0. The van der Waals surface area contributed by atoms with Gasteiger partial charge in [-0.1, -0.05) is 42.5 Å². The van der Waals surface area contributed by atoms with Crippen LogP contribution in [0.5, 0.6) is 5.75 Å². The number of rotatable bonds is 7. The number of nitrogens with one attached hydrogen (secondary N) is 1. The van der Waals surface area contributed by atoms with E-state index >= 15 is 0 Å². The Hall–Kier alpha value is -1.80. The maximum atomic E-state index is 5.43. The van der Waals surface area contributed by atoms with Crippen molar-refractivity contribution in [3.05, 3.63) is 65.2 Å². The zero-order valence-electron chi connectivity index (χ0n) is 13.2. The Labute approximate surface area is 128 Å². The van der Waals surface area contributed by atoms with Crippen LogP contribution in [-0.4, -0.2) is 14.2 Å². The van der Waals surface area contributed by atoms with Crippen molar-refractivity contribution in [3.63, 3.8) is 0 Å². The second-order valence-corrected chi connectivity index (χ2v) is 5.45. The van der Waals surface area contributed by atoms with E-state index in [0.29, 0.717) is 6.04 Å². The Kier molecular flexibility index (Phi) is 5.82. The van der Waals surface area contributed by atoms with Crippen LogP contribution in [0.3, 0.4) is 0 Å². The first-order valence-electron chi connectivity index (χ1n) is 7.60. The molecule has 0 radical (unpaired) electrons. The van der Waals surface area contributed by atoms with E-state index in [4.69, 9.17) is 4.74 Å². The van der Waals surface area contributed by atoms with Gasteiger partial charge in [0.1, 0.15) is 5.75 Å². The lowest BCUT2D eigenvalue weighted by molar-refractivity contribution is 0.409. The summed E-state index contributed by atoms with van der Waals surface area (Å²) in [6, 6.07) is 17.5. The molecule has 0 saturated heterocycles. The van der Waals surface area contributed by atoms with Crippen LogP contribution in [-0.2, 0) is 6.42 Å². The highest BCUT2D eigenvalue weighted by Crippen LogP contribution is 2.26. The molecule has 0 heterocycles. The van der Waals surface area contributed by atoms with Crippen LogP contribution in [0, 0.1) is 6.92 Å². The number of aryl methyl sites for hydroxylation is 2. The van der Waals surface area contributed by atoms with E-state index in [1.807, 2.05) is 7.05 Å². The van der Waals surface area contributed by atoms with Crippen LogP contribution >= 0.6 is 0 Å². The molecule has 0 aliphatic carbocycles. The molecule has 21 heavy (non-hydrogen) atoms. The molecule has 0 amide bonds. The van der Waals surface area contributed by atoms with Gasteiger partial charge < -0.3 is 10.1 Å². The summed E-state index contributed by atoms with van der Waals surface area (Å²) in [5.41, 5.74) is 3.89. The average molecular weight is 283 g/mol. The topological polar surface area (TPSA) is 21.3 Å². The van der Waals surface area contributed by atoms with Crippen LogP contribution < -0.4 is 10.1 Å². The zero-order chi connectivity index (χ0) is 15.1. The third-order valence-corrected chi connectivity index (χ3v) is 3.98. The Bertz CT molecular complexity index is 551. The highest BCUT2D eigenvalue weighted by Gasteiger charge is 2.11. The van der Waals surface area contributed by atoms with Gasteiger partial charge in [0.2, 0.25) is 0 Å². The molecule has 0 fully saturated rings. The monoisotopic (exact) mass is 283 g/mol. The fourth-order valence-electron chi connectivity index (χ4n) is 2.69. The van der Waals surface area contributed by atoms with Gasteiger partial charge in [0, 0.05) is 6.04 Å². The molecule has 0 saturated carbocycles. The molecule has 1 unspecified atom stereocenters. The first kappa shape index (κ1) is 15.6. The lowest BCUT2D eigenvalue weighted by Crippen LogP contribution is -2.16. The van der Waals surface area contributed by atoms with Gasteiger partial charge in [-0.15, -0.1) is 0 Å². The molecule has 0 bridgehead atoms. The molecule has 0 aliphatic heterocycles. The van der Waals surface area contributed by atoms with Crippen molar-refractivity contribution in [1.82, 2.24) is 5.32 Å². The predicted molar refractivity (Wildman–Crippen MR) is 88.9 cm³/mol. The minimum absolute atomic E-state index is 0.378. The van der Waals surface area contributed by atoms with E-state index in [2.05, 4.69) is 60.8 Å². The van der Waals surface area contributed by atoms with Crippen molar-refractivity contribution < 1.29 is 4.74 Å². The van der Waals surface area contributed by atoms with Gasteiger partial charge in [0.15, 0.2) is 0 Å². The third kappa shape index (κ3) is 4.33. The van der Waals surface area contributed by atoms with E-state index in [-0.39, 0.29) is 0 Å². The van der Waals surface area contributed by atoms with Crippen LogP contribution in [0.25, 0.3) is 0 Å². The average Bonchev–Trinajstić information content (AvgIpc) is 2.53. The summed E-state index contributed by atoms with van der Waals surface area (Å²) in [7, 11) is 3.76. The molecule has 0 aromatic heterocycles. The molecule has 112 valence electrons. The number of ether oxygens (including phenoxy) is 1. The van der Waals surface area contributed by atoms with E-state index in [9.17, 15) is 0 Å². The summed E-state index contributed by atoms with van der Waals surface area (Å²) in [6.45, 7) is 2.08. The zero-order valence-corrected chi connectivity index (χ0v) is 13.2. The van der Waals surface area contributed by atoms with Gasteiger partial charge in [-0.05, 0) is 56.0 Å². The van der Waals surface area contributed by atoms with E-state index in [1.165, 1.54) is 23.1 Å². The van der Waals surface area contributed by atoms with Gasteiger partial charge in [0.25, 0.3) is 0 Å². The number of methoxy groups -OCH3 is 1. The maximum Gasteiger partial charge on any atom is 0.122 e. The van der Waals surface area contributed by atoms with Crippen molar-refractivity contribution >= 4 is 0 Å². The summed E-state index contributed by atoms with van der Waals surface area (Å²) in [5, 5.41) is 3.42. The summed E-state index contributed by atoms with van der Waals surface area (Å²) in [5.74, 6) is 0.968. The minimum atomic E-state index is 0.378. The van der Waals surface area contributed by atoms with Gasteiger partial charge in [-0.3, -0.25) is 0 Å². The predicted octanol–water partition coefficient (Wildman–Crippen LogP) is 4.29. The molecule has 2 aromatic carbocycles. The van der Waals surface area contributed by atoms with Crippen molar-refractivity contribution in [1.29, 1.82) is 0 Å². The summed E-state index contributed by atoms with van der Waals surface area (Å²) < 4.78 is 5.43. The lowest BCUT2D eigenvalue weighted by Gasteiger charge is -2.18. The summed E-state index contributed by atoms with van der Waals surface area (Å²) in [6.07, 6.45) is 3.42. The quantitative estimate of drug-likeness (QED) is 0.818. The van der Waals surface area contributed by atoms with Crippen molar-refractivity contribution in [2.24, 2.45) is 0 Å². The number of benzene rings is 2. The molecule has 1 N–H and O–H groups in total. The van der Waals surface area contributed by atoms with Gasteiger partial charge >= 0.3 is 0 Å². The van der Waals surface area contributed by atoms with E-state index in [0.717, 1.165) is 18.6 Å². The van der Waals surface area contributed by atoms with Crippen LogP contribution in [0.1, 0.15) is 35.6 Å². The maximum absolute atomic E-state index is 5.43. The van der Waals surface area contributed by atoms with Crippen LogP contribution in [0.4, 0.5) is 0 Å².